The molecule has 156 valence electrons. The zero-order valence-corrected chi connectivity index (χ0v) is 18.8. The van der Waals surface area contributed by atoms with Crippen LogP contribution in [0.15, 0.2) is 0 Å². The molecule has 0 N–H and O–H groups in total. The lowest BCUT2D eigenvalue weighted by Gasteiger charge is -2.17. The van der Waals surface area contributed by atoms with E-state index in [0.29, 0.717) is 6.42 Å². The van der Waals surface area contributed by atoms with Crippen molar-refractivity contribution in [3.05, 3.63) is 0 Å². The van der Waals surface area contributed by atoms with Crippen molar-refractivity contribution in [2.45, 2.75) is 116 Å². The highest BCUT2D eigenvalue weighted by molar-refractivity contribution is 7.93. The molecule has 0 aliphatic carbocycles. The summed E-state index contributed by atoms with van der Waals surface area (Å²) in [6, 6.07) is 0. The smallest absolute Gasteiger partial charge is 0.240 e. The second-order valence-corrected chi connectivity index (χ2v) is 10.5. The Kier molecular flexibility index (Phi) is 15.9. The van der Waals surface area contributed by atoms with E-state index in [1.807, 2.05) is 0 Å². The van der Waals surface area contributed by atoms with Crippen LogP contribution in [0, 0.1) is 5.92 Å². The van der Waals surface area contributed by atoms with Gasteiger partial charge in [0.05, 0.1) is 5.75 Å². The Bertz CT molecular complexity index is 446. The standard InChI is InChI=1S/C21H41ClO3S/c1-4-5-6-7-8-9-10-11-12-13-14-15-16-17-18-26(24,25)20(19(2)3)21(22)23/h19-20H,4-18H2,1-3H3. The Hall–Kier alpha value is -0.0900. The first kappa shape index (κ1) is 25.9. The molecule has 0 heterocycles. The summed E-state index contributed by atoms with van der Waals surface area (Å²) in [6.07, 6.45) is 17.3. The van der Waals surface area contributed by atoms with Gasteiger partial charge in [0.15, 0.2) is 9.84 Å². The Balaban J connectivity index is 3.57. The van der Waals surface area contributed by atoms with Crippen molar-refractivity contribution >= 4 is 26.7 Å². The van der Waals surface area contributed by atoms with E-state index >= 15 is 0 Å². The van der Waals surface area contributed by atoms with Gasteiger partial charge in [-0.1, -0.05) is 104 Å². The Morgan fingerprint density at radius 2 is 1.08 bits per heavy atom. The summed E-state index contributed by atoms with van der Waals surface area (Å²) < 4.78 is 24.5. The molecule has 0 aromatic heterocycles. The van der Waals surface area contributed by atoms with E-state index in [1.54, 1.807) is 13.8 Å². The molecule has 0 saturated carbocycles. The van der Waals surface area contributed by atoms with Crippen molar-refractivity contribution in [1.82, 2.24) is 0 Å². The summed E-state index contributed by atoms with van der Waals surface area (Å²) in [5.41, 5.74) is 0. The zero-order valence-electron chi connectivity index (χ0n) is 17.3. The van der Waals surface area contributed by atoms with Crippen LogP contribution in [0.1, 0.15) is 111 Å². The maximum absolute atomic E-state index is 12.2. The molecule has 0 aliphatic rings. The number of rotatable bonds is 18. The van der Waals surface area contributed by atoms with Crippen LogP contribution in [0.5, 0.6) is 0 Å². The molecule has 0 fully saturated rings. The van der Waals surface area contributed by atoms with E-state index < -0.39 is 20.3 Å². The Labute approximate surface area is 167 Å². The summed E-state index contributed by atoms with van der Waals surface area (Å²) >= 11 is 5.47. The maximum Gasteiger partial charge on any atom is 0.240 e. The third kappa shape index (κ3) is 13.1. The minimum Gasteiger partial charge on any atom is -0.280 e. The van der Waals surface area contributed by atoms with Gasteiger partial charge >= 0.3 is 0 Å². The highest BCUT2D eigenvalue weighted by Gasteiger charge is 2.33. The molecule has 5 heteroatoms. The van der Waals surface area contributed by atoms with Crippen LogP contribution < -0.4 is 0 Å². The van der Waals surface area contributed by atoms with Crippen molar-refractivity contribution in [1.29, 1.82) is 0 Å². The summed E-state index contributed by atoms with van der Waals surface area (Å²) in [6.45, 7) is 5.71. The number of sulfone groups is 1. The monoisotopic (exact) mass is 408 g/mol. The van der Waals surface area contributed by atoms with Crippen molar-refractivity contribution in [3.63, 3.8) is 0 Å². The summed E-state index contributed by atoms with van der Waals surface area (Å²) in [5.74, 6) is -0.191. The fraction of sp³-hybridized carbons (Fsp3) is 0.952. The van der Waals surface area contributed by atoms with Gasteiger partial charge in [-0.3, -0.25) is 4.79 Å². The summed E-state index contributed by atoms with van der Waals surface area (Å²) in [4.78, 5) is 11.4. The van der Waals surface area contributed by atoms with Crippen LogP contribution in [-0.2, 0) is 14.6 Å². The number of hydrogen-bond acceptors (Lipinski definition) is 3. The maximum atomic E-state index is 12.2. The van der Waals surface area contributed by atoms with E-state index in [-0.39, 0.29) is 11.7 Å². The van der Waals surface area contributed by atoms with Crippen LogP contribution in [0.4, 0.5) is 0 Å². The topological polar surface area (TPSA) is 51.2 Å². The fourth-order valence-electron chi connectivity index (χ4n) is 3.44. The second kappa shape index (κ2) is 15.9. The minimum absolute atomic E-state index is 0.0757. The molecule has 0 saturated heterocycles. The average Bonchev–Trinajstić information content (AvgIpc) is 2.54. The molecule has 0 radical (unpaired) electrons. The fourth-order valence-corrected chi connectivity index (χ4v) is 6.07. The molecule has 1 atom stereocenters. The minimum atomic E-state index is -3.42. The lowest BCUT2D eigenvalue weighted by Crippen LogP contribution is -2.34. The first-order chi connectivity index (χ1) is 12.3. The molecule has 3 nitrogen and oxygen atoms in total. The molecular weight excluding hydrogens is 368 g/mol. The molecule has 0 aromatic rings. The third-order valence-corrected chi connectivity index (χ3v) is 7.75. The SMILES string of the molecule is CCCCCCCCCCCCCCCCS(=O)(=O)C(C(=O)Cl)C(C)C. The Morgan fingerprint density at radius 3 is 1.38 bits per heavy atom. The van der Waals surface area contributed by atoms with Crippen molar-refractivity contribution < 1.29 is 13.2 Å². The molecule has 0 rings (SSSR count). The molecule has 0 spiro atoms. The lowest BCUT2D eigenvalue weighted by atomic mass is 10.0. The molecule has 26 heavy (non-hydrogen) atoms. The molecular formula is C21H41ClO3S. The predicted octanol–water partition coefficient (Wildman–Crippen LogP) is 6.67. The summed E-state index contributed by atoms with van der Waals surface area (Å²) in [7, 11) is -3.42. The number of carbonyl (C=O) groups excluding carboxylic acids is 1. The molecule has 0 bridgehead atoms. The van der Waals surface area contributed by atoms with Crippen molar-refractivity contribution in [2.75, 3.05) is 5.75 Å². The number of hydrogen-bond donors (Lipinski definition) is 0. The third-order valence-electron chi connectivity index (χ3n) is 5.00. The number of halogens is 1. The van der Waals surface area contributed by atoms with Crippen LogP contribution in [0.2, 0.25) is 0 Å². The van der Waals surface area contributed by atoms with E-state index in [4.69, 9.17) is 11.6 Å². The van der Waals surface area contributed by atoms with Gasteiger partial charge in [-0.15, -0.1) is 0 Å². The normalized spacial score (nSPS) is 13.3. The number of carbonyl (C=O) groups is 1. The van der Waals surface area contributed by atoms with Crippen LogP contribution >= 0.6 is 11.6 Å². The van der Waals surface area contributed by atoms with E-state index in [2.05, 4.69) is 6.92 Å². The van der Waals surface area contributed by atoms with Gasteiger partial charge in [0.2, 0.25) is 5.24 Å². The van der Waals surface area contributed by atoms with Gasteiger partial charge < -0.3 is 0 Å². The molecule has 1 unspecified atom stereocenters. The van der Waals surface area contributed by atoms with E-state index in [1.165, 1.54) is 70.6 Å². The largest absolute Gasteiger partial charge is 0.280 e. The lowest BCUT2D eigenvalue weighted by molar-refractivity contribution is -0.111. The first-order valence-electron chi connectivity index (χ1n) is 10.7. The van der Waals surface area contributed by atoms with Crippen LogP contribution in [0.3, 0.4) is 0 Å². The summed E-state index contributed by atoms with van der Waals surface area (Å²) in [5, 5.41) is -1.79. The molecule has 0 amide bonds. The number of unbranched alkanes of at least 4 members (excludes halogenated alkanes) is 13. The van der Waals surface area contributed by atoms with Crippen LogP contribution in [-0.4, -0.2) is 24.7 Å². The first-order valence-corrected chi connectivity index (χ1v) is 12.8. The quantitative estimate of drug-likeness (QED) is 0.188. The van der Waals surface area contributed by atoms with Gasteiger partial charge in [0.25, 0.3) is 0 Å². The van der Waals surface area contributed by atoms with Gasteiger partial charge in [0, 0.05) is 0 Å². The van der Waals surface area contributed by atoms with Gasteiger partial charge in [-0.05, 0) is 23.9 Å². The average molecular weight is 409 g/mol. The molecule has 0 aromatic carbocycles. The van der Waals surface area contributed by atoms with Gasteiger partial charge in [-0.25, -0.2) is 8.42 Å². The predicted molar refractivity (Wildman–Crippen MR) is 114 cm³/mol. The van der Waals surface area contributed by atoms with E-state index in [0.717, 1.165) is 12.8 Å². The Morgan fingerprint density at radius 1 is 0.731 bits per heavy atom. The van der Waals surface area contributed by atoms with E-state index in [9.17, 15) is 13.2 Å². The van der Waals surface area contributed by atoms with Gasteiger partial charge in [-0.2, -0.15) is 0 Å². The zero-order chi connectivity index (χ0) is 19.8. The van der Waals surface area contributed by atoms with Crippen LogP contribution in [0.25, 0.3) is 0 Å². The highest BCUT2D eigenvalue weighted by Crippen LogP contribution is 2.19. The highest BCUT2D eigenvalue weighted by atomic mass is 35.5. The second-order valence-electron chi connectivity index (χ2n) is 7.93. The van der Waals surface area contributed by atoms with Crippen molar-refractivity contribution in [3.8, 4) is 0 Å². The van der Waals surface area contributed by atoms with Gasteiger partial charge in [0.1, 0.15) is 5.25 Å². The molecule has 0 aliphatic heterocycles. The van der Waals surface area contributed by atoms with Crippen molar-refractivity contribution in [2.24, 2.45) is 5.92 Å².